The molecule has 0 atom stereocenters. The van der Waals surface area contributed by atoms with Crippen LogP contribution in [-0.2, 0) is 6.18 Å². The van der Waals surface area contributed by atoms with E-state index in [9.17, 15) is 17.6 Å². The van der Waals surface area contributed by atoms with Crippen LogP contribution in [0, 0.1) is 16.6 Å². The molecule has 1 aliphatic rings. The first-order valence-electron chi connectivity index (χ1n) is 6.04. The predicted octanol–water partition coefficient (Wildman–Crippen LogP) is 3.33. The lowest BCUT2D eigenvalue weighted by molar-refractivity contribution is -0.140. The van der Waals surface area contributed by atoms with Gasteiger partial charge in [0, 0.05) is 11.8 Å². The van der Waals surface area contributed by atoms with Crippen LogP contribution in [0.5, 0.6) is 5.75 Å². The highest BCUT2D eigenvalue weighted by Crippen LogP contribution is 2.49. The van der Waals surface area contributed by atoms with Gasteiger partial charge in [0.25, 0.3) is 0 Å². The molecular weight excluding hydrogens is 276 g/mol. The molecule has 0 amide bonds. The zero-order valence-corrected chi connectivity index (χ0v) is 10.6. The molecule has 3 N–H and O–H groups in total. The number of ether oxygens (including phenoxy) is 1. The van der Waals surface area contributed by atoms with Crippen LogP contribution >= 0.6 is 0 Å². The summed E-state index contributed by atoms with van der Waals surface area (Å²) < 4.78 is 56.1. The summed E-state index contributed by atoms with van der Waals surface area (Å²) in [7, 11) is 0. The Labute approximate surface area is 113 Å². The van der Waals surface area contributed by atoms with E-state index in [1.54, 1.807) is 0 Å². The number of nitrogens with two attached hydrogens (primary N) is 1. The van der Waals surface area contributed by atoms with E-state index >= 15 is 0 Å². The fourth-order valence-corrected chi connectivity index (χ4v) is 2.00. The lowest BCUT2D eigenvalue weighted by Crippen LogP contribution is -2.22. The standard InChI is InChI=1S/C13H14F4N2O/c14-10-2-1-8(5-9(10)13(15,16)17)20-7-12(3-4-12)6-11(18)19/h1-2,5H,3-4,6-7H2,(H3,18,19). The molecule has 0 heterocycles. The molecule has 0 saturated heterocycles. The third-order valence-corrected chi connectivity index (χ3v) is 3.31. The first-order valence-corrected chi connectivity index (χ1v) is 6.04. The number of halogens is 4. The summed E-state index contributed by atoms with van der Waals surface area (Å²) in [6.07, 6.45) is -2.75. The lowest BCUT2D eigenvalue weighted by Gasteiger charge is -2.16. The molecule has 0 spiro atoms. The molecular formula is C13H14F4N2O. The van der Waals surface area contributed by atoms with Crippen LogP contribution in [0.4, 0.5) is 17.6 Å². The lowest BCUT2D eigenvalue weighted by atomic mass is 10.0. The highest BCUT2D eigenvalue weighted by atomic mass is 19.4. The maximum atomic E-state index is 13.1. The van der Waals surface area contributed by atoms with Crippen molar-refractivity contribution in [3.63, 3.8) is 0 Å². The van der Waals surface area contributed by atoms with Crippen molar-refractivity contribution < 1.29 is 22.3 Å². The SMILES string of the molecule is N=C(N)CC1(COc2ccc(F)c(C(F)(F)F)c2)CC1. The van der Waals surface area contributed by atoms with E-state index < -0.39 is 17.6 Å². The minimum atomic E-state index is -4.75. The van der Waals surface area contributed by atoms with Crippen LogP contribution in [0.25, 0.3) is 0 Å². The normalized spacial score (nSPS) is 16.8. The first-order chi connectivity index (χ1) is 9.22. The molecule has 0 radical (unpaired) electrons. The molecule has 7 heteroatoms. The van der Waals surface area contributed by atoms with Crippen molar-refractivity contribution in [3.8, 4) is 5.75 Å². The van der Waals surface area contributed by atoms with E-state index in [1.165, 1.54) is 0 Å². The number of alkyl halides is 3. The minimum Gasteiger partial charge on any atom is -0.493 e. The summed E-state index contributed by atoms with van der Waals surface area (Å²) in [5, 5.41) is 7.24. The van der Waals surface area contributed by atoms with Gasteiger partial charge < -0.3 is 10.5 Å². The Balaban J connectivity index is 2.06. The molecule has 110 valence electrons. The van der Waals surface area contributed by atoms with Crippen LogP contribution in [0.15, 0.2) is 18.2 Å². The van der Waals surface area contributed by atoms with Gasteiger partial charge in [-0.25, -0.2) is 4.39 Å². The van der Waals surface area contributed by atoms with E-state index in [0.29, 0.717) is 12.5 Å². The van der Waals surface area contributed by atoms with Gasteiger partial charge in [0.1, 0.15) is 11.6 Å². The predicted molar refractivity (Wildman–Crippen MR) is 65.1 cm³/mol. The molecule has 0 aliphatic heterocycles. The topological polar surface area (TPSA) is 59.1 Å². The first kappa shape index (κ1) is 14.6. The van der Waals surface area contributed by atoms with Crippen molar-refractivity contribution >= 4 is 5.84 Å². The molecule has 3 nitrogen and oxygen atoms in total. The van der Waals surface area contributed by atoms with Gasteiger partial charge in [-0.05, 0) is 31.0 Å². The number of hydrogen-bond acceptors (Lipinski definition) is 2. The van der Waals surface area contributed by atoms with Gasteiger partial charge in [-0.2, -0.15) is 13.2 Å². The van der Waals surface area contributed by atoms with E-state index in [4.69, 9.17) is 15.9 Å². The number of rotatable bonds is 5. The van der Waals surface area contributed by atoms with Crippen molar-refractivity contribution in [2.75, 3.05) is 6.61 Å². The second-order valence-electron chi connectivity index (χ2n) is 5.13. The van der Waals surface area contributed by atoms with E-state index in [2.05, 4.69) is 0 Å². The summed E-state index contributed by atoms with van der Waals surface area (Å²) >= 11 is 0. The van der Waals surface area contributed by atoms with Crippen LogP contribution in [0.1, 0.15) is 24.8 Å². The molecule has 1 saturated carbocycles. The Morgan fingerprint density at radius 2 is 2.00 bits per heavy atom. The summed E-state index contributed by atoms with van der Waals surface area (Å²) in [4.78, 5) is 0. The zero-order valence-electron chi connectivity index (χ0n) is 10.6. The van der Waals surface area contributed by atoms with Gasteiger partial charge in [-0.15, -0.1) is 0 Å². The monoisotopic (exact) mass is 290 g/mol. The quantitative estimate of drug-likeness (QED) is 0.496. The fourth-order valence-electron chi connectivity index (χ4n) is 2.00. The Morgan fingerprint density at radius 1 is 1.35 bits per heavy atom. The van der Waals surface area contributed by atoms with Crippen molar-refractivity contribution in [2.45, 2.75) is 25.4 Å². The van der Waals surface area contributed by atoms with Gasteiger partial charge in [-0.3, -0.25) is 5.41 Å². The second-order valence-corrected chi connectivity index (χ2v) is 5.13. The summed E-state index contributed by atoms with van der Waals surface area (Å²) in [6.45, 7) is 0.176. The summed E-state index contributed by atoms with van der Waals surface area (Å²) in [5.41, 5.74) is 3.73. The molecule has 1 aliphatic carbocycles. The smallest absolute Gasteiger partial charge is 0.419 e. The van der Waals surface area contributed by atoms with Gasteiger partial charge in [-0.1, -0.05) is 0 Å². The third kappa shape index (κ3) is 3.40. The van der Waals surface area contributed by atoms with Crippen LogP contribution in [-0.4, -0.2) is 12.4 Å². The molecule has 1 fully saturated rings. The summed E-state index contributed by atoms with van der Waals surface area (Å²) in [5.74, 6) is -1.33. The molecule has 1 aromatic carbocycles. The minimum absolute atomic E-state index is 0.0289. The fraction of sp³-hybridized carbons (Fsp3) is 0.462. The average Bonchev–Trinajstić information content (AvgIpc) is 3.06. The highest BCUT2D eigenvalue weighted by Gasteiger charge is 2.44. The average molecular weight is 290 g/mol. The molecule has 20 heavy (non-hydrogen) atoms. The van der Waals surface area contributed by atoms with Crippen molar-refractivity contribution in [2.24, 2.45) is 11.1 Å². The van der Waals surface area contributed by atoms with Crippen LogP contribution < -0.4 is 10.5 Å². The molecule has 0 unspecified atom stereocenters. The molecule has 0 bridgehead atoms. The maximum absolute atomic E-state index is 13.1. The van der Waals surface area contributed by atoms with Crippen LogP contribution in [0.3, 0.4) is 0 Å². The van der Waals surface area contributed by atoms with Gasteiger partial charge in [0.15, 0.2) is 0 Å². The Hall–Kier alpha value is -1.79. The van der Waals surface area contributed by atoms with Crippen molar-refractivity contribution in [1.82, 2.24) is 0 Å². The molecule has 0 aromatic heterocycles. The number of benzene rings is 1. The van der Waals surface area contributed by atoms with E-state index in [0.717, 1.165) is 25.0 Å². The third-order valence-electron chi connectivity index (χ3n) is 3.31. The Morgan fingerprint density at radius 3 is 2.50 bits per heavy atom. The Kier molecular flexibility index (Phi) is 3.62. The second kappa shape index (κ2) is 4.96. The van der Waals surface area contributed by atoms with Crippen molar-refractivity contribution in [1.29, 1.82) is 5.41 Å². The summed E-state index contributed by atoms with van der Waals surface area (Å²) in [6, 6.07) is 2.55. The van der Waals surface area contributed by atoms with E-state index in [-0.39, 0.29) is 23.6 Å². The number of amidine groups is 1. The van der Waals surface area contributed by atoms with Gasteiger partial charge in [0.2, 0.25) is 0 Å². The number of nitrogens with one attached hydrogen (secondary N) is 1. The highest BCUT2D eigenvalue weighted by molar-refractivity contribution is 5.78. The number of hydrogen-bond donors (Lipinski definition) is 2. The van der Waals surface area contributed by atoms with Crippen LogP contribution in [0.2, 0.25) is 0 Å². The van der Waals surface area contributed by atoms with E-state index in [1.807, 2.05) is 0 Å². The Bertz CT molecular complexity index is 524. The van der Waals surface area contributed by atoms with Crippen molar-refractivity contribution in [3.05, 3.63) is 29.6 Å². The van der Waals surface area contributed by atoms with Gasteiger partial charge in [0.05, 0.1) is 18.0 Å². The molecule has 2 rings (SSSR count). The molecule has 1 aromatic rings. The maximum Gasteiger partial charge on any atom is 0.419 e. The largest absolute Gasteiger partial charge is 0.493 e. The zero-order chi connectivity index (χ0) is 15.0. The van der Waals surface area contributed by atoms with Gasteiger partial charge >= 0.3 is 6.18 Å².